The summed E-state index contributed by atoms with van der Waals surface area (Å²) < 4.78 is 6.19. The molecule has 136 valence electrons. The first-order valence-electron chi connectivity index (χ1n) is 8.00. The molecule has 3 aromatic carbocycles. The van der Waals surface area contributed by atoms with Crippen molar-refractivity contribution in [3.05, 3.63) is 108 Å². The van der Waals surface area contributed by atoms with Gasteiger partial charge < -0.3 is 4.74 Å². The van der Waals surface area contributed by atoms with E-state index in [-0.39, 0.29) is 6.04 Å². The fraction of sp³-hybridized carbons (Fsp3) is 0.0952. The molecule has 1 heterocycles. The quantitative estimate of drug-likeness (QED) is 0.367. The predicted octanol–water partition coefficient (Wildman–Crippen LogP) is 6.42. The van der Waals surface area contributed by atoms with Gasteiger partial charge in [0.1, 0.15) is 6.04 Å². The van der Waals surface area contributed by atoms with Gasteiger partial charge in [0.15, 0.2) is 12.0 Å². The normalized spacial score (nSPS) is 17.2. The minimum absolute atomic E-state index is 0.103. The first-order chi connectivity index (χ1) is 12.8. The molecule has 0 bridgehead atoms. The van der Waals surface area contributed by atoms with Gasteiger partial charge >= 0.3 is 39.3 Å². The van der Waals surface area contributed by atoms with Crippen molar-refractivity contribution in [1.82, 2.24) is 0 Å². The fourth-order valence-corrected chi connectivity index (χ4v) is 3.29. The summed E-state index contributed by atoms with van der Waals surface area (Å²) in [6.45, 7) is 0. The van der Waals surface area contributed by atoms with Gasteiger partial charge in [-0.2, -0.15) is 0 Å². The third kappa shape index (κ3) is 3.95. The molecule has 0 fully saturated rings. The molecule has 0 aromatic heterocycles. The van der Waals surface area contributed by atoms with Crippen LogP contribution in [0.25, 0.3) is 0 Å². The van der Waals surface area contributed by atoms with Gasteiger partial charge in [-0.15, -0.1) is 0 Å². The van der Waals surface area contributed by atoms with Crippen LogP contribution in [0.15, 0.2) is 96.0 Å². The van der Waals surface area contributed by atoms with E-state index in [2.05, 4.69) is 69.8 Å². The zero-order valence-electron chi connectivity index (χ0n) is 13.7. The Morgan fingerprint density at radius 1 is 0.731 bits per heavy atom. The Balaban J connectivity index is 0.000000613. The van der Waals surface area contributed by atoms with E-state index in [1.54, 1.807) is 6.40 Å². The summed E-state index contributed by atoms with van der Waals surface area (Å²) in [6, 6.07) is 30.9. The van der Waals surface area contributed by atoms with Crippen molar-refractivity contribution in [2.75, 3.05) is 0 Å². The van der Waals surface area contributed by atoms with Gasteiger partial charge in [0, 0.05) is 11.1 Å². The molecule has 5 heteroatoms. The zero-order chi connectivity index (χ0) is 18.2. The van der Waals surface area contributed by atoms with Crippen LogP contribution < -0.4 is 0 Å². The van der Waals surface area contributed by atoms with Crippen LogP contribution in [0.3, 0.4) is 0 Å². The summed E-state index contributed by atoms with van der Waals surface area (Å²) in [5.74, 6) is 0. The summed E-state index contributed by atoms with van der Waals surface area (Å²) in [5, 5.41) is 0. The molecule has 0 spiro atoms. The first kappa shape index (κ1) is 19.3. The van der Waals surface area contributed by atoms with Gasteiger partial charge in [-0.3, -0.25) is 0 Å². The van der Waals surface area contributed by atoms with Crippen LogP contribution in [-0.4, -0.2) is 6.40 Å². The van der Waals surface area contributed by atoms with E-state index in [0.29, 0.717) is 0 Å². The topological polar surface area (TPSA) is 21.6 Å². The number of aliphatic imine (C=N–C) groups is 1. The second kappa shape index (κ2) is 9.50. The maximum atomic E-state index is 6.19. The van der Waals surface area contributed by atoms with Crippen LogP contribution in [0.2, 0.25) is 0 Å². The van der Waals surface area contributed by atoms with Crippen molar-refractivity contribution in [3.63, 3.8) is 0 Å². The number of nitrogens with zero attached hydrogens (tertiary/aromatic N) is 1. The monoisotopic (exact) mass is 515 g/mol. The Kier molecular flexibility index (Phi) is 7.07. The SMILES string of the molecule is C1=N[C@H](c2ccccc2)C(c2ccccc2)(c2ccccc2)O1.[Br][Ni][Br]. The van der Waals surface area contributed by atoms with Gasteiger partial charge in [0.25, 0.3) is 0 Å². The van der Waals surface area contributed by atoms with E-state index >= 15 is 0 Å². The molecule has 0 aliphatic carbocycles. The van der Waals surface area contributed by atoms with E-state index < -0.39 is 5.60 Å². The standard InChI is InChI=1S/C21H17NO.2BrH.Ni/c1-4-10-17(11-5-1)20-21(23-16-22-20,18-12-6-2-7-13-18)19-14-8-3-9-15-19;;;/h1-16,20H;2*1H;/q;;;+2/p-2/t20-;;;/m1.../s1. The summed E-state index contributed by atoms with van der Waals surface area (Å²) in [6.07, 6.45) is 1.59. The summed E-state index contributed by atoms with van der Waals surface area (Å²) in [7, 11) is 1.25. The van der Waals surface area contributed by atoms with E-state index in [9.17, 15) is 0 Å². The average molecular weight is 518 g/mol. The van der Waals surface area contributed by atoms with Crippen LogP contribution in [0.1, 0.15) is 22.7 Å². The molecule has 0 saturated carbocycles. The number of hydrogen-bond donors (Lipinski definition) is 0. The number of hydrogen-bond acceptors (Lipinski definition) is 2. The number of rotatable bonds is 3. The molecule has 0 saturated heterocycles. The summed E-state index contributed by atoms with van der Waals surface area (Å²) in [4.78, 5) is 4.67. The van der Waals surface area contributed by atoms with E-state index in [1.165, 1.54) is 10.9 Å². The molecule has 1 atom stereocenters. The second-order valence-corrected chi connectivity index (χ2v) is 10.7. The van der Waals surface area contributed by atoms with Gasteiger partial charge in [0.2, 0.25) is 0 Å². The Morgan fingerprint density at radius 3 is 1.62 bits per heavy atom. The molecule has 1 aliphatic heterocycles. The van der Waals surface area contributed by atoms with Gasteiger partial charge in [-0.05, 0) is 5.56 Å². The van der Waals surface area contributed by atoms with Crippen LogP contribution in [-0.2, 0) is 21.2 Å². The maximum absolute atomic E-state index is 6.19. The minimum atomic E-state index is -0.621. The van der Waals surface area contributed by atoms with Crippen LogP contribution in [0.4, 0.5) is 0 Å². The Hall–Kier alpha value is -1.42. The van der Waals surface area contributed by atoms with Crippen molar-refractivity contribution in [2.45, 2.75) is 11.6 Å². The summed E-state index contributed by atoms with van der Waals surface area (Å²) >= 11 is 6.00. The molecule has 3 aromatic rings. The van der Waals surface area contributed by atoms with Crippen molar-refractivity contribution >= 4 is 34.9 Å². The second-order valence-electron chi connectivity index (χ2n) is 5.70. The number of benzene rings is 3. The number of halogens is 2. The summed E-state index contributed by atoms with van der Waals surface area (Å²) in [5.41, 5.74) is 2.74. The average Bonchev–Trinajstić information content (AvgIpc) is 3.17. The molecule has 0 unspecified atom stereocenters. The zero-order valence-corrected chi connectivity index (χ0v) is 17.9. The molecule has 0 N–H and O–H groups in total. The van der Waals surface area contributed by atoms with Gasteiger partial charge in [-0.25, -0.2) is 4.99 Å². The molecular weight excluding hydrogens is 501 g/mol. The van der Waals surface area contributed by atoms with Crippen LogP contribution >= 0.6 is 28.5 Å². The van der Waals surface area contributed by atoms with Crippen molar-refractivity contribution in [1.29, 1.82) is 0 Å². The van der Waals surface area contributed by atoms with E-state index in [4.69, 9.17) is 4.74 Å². The third-order valence-corrected chi connectivity index (χ3v) is 4.35. The molecule has 4 rings (SSSR count). The molecule has 0 amide bonds. The first-order valence-corrected chi connectivity index (χ1v) is 12.9. The fourth-order valence-electron chi connectivity index (χ4n) is 3.29. The number of ether oxygens (including phenoxy) is 1. The molecular formula is C21H17Br2NNiO. The molecule has 0 radical (unpaired) electrons. The molecule has 26 heavy (non-hydrogen) atoms. The molecule has 1 aliphatic rings. The Labute approximate surface area is 174 Å². The predicted molar refractivity (Wildman–Crippen MR) is 110 cm³/mol. The van der Waals surface area contributed by atoms with Crippen molar-refractivity contribution < 1.29 is 15.6 Å². The third-order valence-electron chi connectivity index (χ3n) is 4.35. The van der Waals surface area contributed by atoms with Gasteiger partial charge in [0.05, 0.1) is 0 Å². The Bertz CT molecular complexity index is 789. The van der Waals surface area contributed by atoms with Gasteiger partial charge in [-0.1, -0.05) is 91.0 Å². The van der Waals surface area contributed by atoms with E-state index in [0.717, 1.165) is 16.7 Å². The van der Waals surface area contributed by atoms with E-state index in [1.807, 2.05) is 54.6 Å². The molecule has 2 nitrogen and oxygen atoms in total. The van der Waals surface area contributed by atoms with Crippen LogP contribution in [0.5, 0.6) is 0 Å². The van der Waals surface area contributed by atoms with Crippen molar-refractivity contribution in [2.24, 2.45) is 4.99 Å². The Morgan fingerprint density at radius 2 is 1.15 bits per heavy atom. The van der Waals surface area contributed by atoms with Crippen LogP contribution in [0, 0.1) is 0 Å². The van der Waals surface area contributed by atoms with Crippen molar-refractivity contribution in [3.8, 4) is 0 Å².